The van der Waals surface area contributed by atoms with Gasteiger partial charge in [-0.3, -0.25) is 0 Å². The number of hydrogen-bond donors (Lipinski definition) is 0. The molecular formula is C26H50SSi. The monoisotopic (exact) mass is 422 g/mol. The summed E-state index contributed by atoms with van der Waals surface area (Å²) in [6, 6.07) is 3.96. The van der Waals surface area contributed by atoms with Gasteiger partial charge in [0.1, 0.15) is 0 Å². The molecule has 164 valence electrons. The molecule has 0 fully saturated rings. The Kier molecular flexibility index (Phi) is 14.6. The average Bonchev–Trinajstić information content (AvgIpc) is 3.00. The maximum absolute atomic E-state index is 2.58. The molecule has 1 aromatic rings. The van der Waals surface area contributed by atoms with Crippen molar-refractivity contribution in [3.8, 4) is 0 Å². The lowest BCUT2D eigenvalue weighted by Gasteiger charge is -2.22. The standard InChI is InChI=1S/C26H50SSi/c1-6-7-8-9-10-11-12-13-14-15-16-17-18-19-20-21-22-28(4,5)26-23-24(2)27-25(26)3/h23H,6-22H2,1-5H3. The van der Waals surface area contributed by atoms with Gasteiger partial charge in [0.05, 0.1) is 8.07 Å². The first-order valence-electron chi connectivity index (χ1n) is 12.5. The van der Waals surface area contributed by atoms with Crippen LogP contribution in [0.2, 0.25) is 19.1 Å². The fraction of sp³-hybridized carbons (Fsp3) is 0.846. The van der Waals surface area contributed by atoms with Crippen molar-refractivity contribution in [2.45, 2.75) is 143 Å². The smallest absolute Gasteiger partial charge is 0.0820 e. The van der Waals surface area contributed by atoms with Gasteiger partial charge in [-0.25, -0.2) is 0 Å². The van der Waals surface area contributed by atoms with Crippen LogP contribution in [-0.2, 0) is 0 Å². The van der Waals surface area contributed by atoms with E-state index in [2.05, 4.69) is 39.9 Å². The van der Waals surface area contributed by atoms with Gasteiger partial charge in [-0.1, -0.05) is 129 Å². The Bertz CT molecular complexity index is 489. The maximum atomic E-state index is 2.58. The Morgan fingerprint density at radius 3 is 1.39 bits per heavy atom. The van der Waals surface area contributed by atoms with Crippen molar-refractivity contribution < 1.29 is 0 Å². The van der Waals surface area contributed by atoms with E-state index in [0.717, 1.165) is 0 Å². The summed E-state index contributed by atoms with van der Waals surface area (Å²) in [5, 5.41) is 1.73. The number of thiophene rings is 1. The lowest BCUT2D eigenvalue weighted by molar-refractivity contribution is 0.531. The van der Waals surface area contributed by atoms with Crippen LogP contribution in [-0.4, -0.2) is 8.07 Å². The van der Waals surface area contributed by atoms with E-state index in [1.807, 2.05) is 11.3 Å². The Morgan fingerprint density at radius 1 is 0.643 bits per heavy atom. The van der Waals surface area contributed by atoms with Crippen molar-refractivity contribution in [2.24, 2.45) is 0 Å². The molecule has 1 rings (SSSR count). The van der Waals surface area contributed by atoms with Crippen molar-refractivity contribution in [3.63, 3.8) is 0 Å². The molecule has 2 heteroatoms. The van der Waals surface area contributed by atoms with Gasteiger partial charge in [-0.2, -0.15) is 0 Å². The van der Waals surface area contributed by atoms with Crippen LogP contribution in [0, 0.1) is 13.8 Å². The molecular weight excluding hydrogens is 372 g/mol. The second kappa shape index (κ2) is 15.7. The fourth-order valence-electron chi connectivity index (χ4n) is 4.55. The normalized spacial score (nSPS) is 12.0. The molecule has 1 heterocycles. The molecule has 0 aliphatic carbocycles. The maximum Gasteiger partial charge on any atom is 0.0820 e. The molecule has 0 saturated heterocycles. The Hall–Kier alpha value is -0.0831. The van der Waals surface area contributed by atoms with Crippen LogP contribution in [0.4, 0.5) is 0 Å². The van der Waals surface area contributed by atoms with Crippen LogP contribution in [0.3, 0.4) is 0 Å². The zero-order valence-corrected chi connectivity index (χ0v) is 21.8. The molecule has 0 saturated carbocycles. The average molecular weight is 423 g/mol. The van der Waals surface area contributed by atoms with E-state index in [0.29, 0.717) is 0 Å². The summed E-state index contributed by atoms with van der Waals surface area (Å²) in [7, 11) is -1.20. The molecule has 0 aliphatic rings. The third kappa shape index (κ3) is 11.8. The lowest BCUT2D eigenvalue weighted by atomic mass is 10.0. The Balaban J connectivity index is 1.88. The number of rotatable bonds is 18. The van der Waals surface area contributed by atoms with Crippen molar-refractivity contribution in [1.82, 2.24) is 0 Å². The largest absolute Gasteiger partial charge is 0.146 e. The third-order valence-corrected chi connectivity index (χ3v) is 11.2. The molecule has 0 spiro atoms. The summed E-state index contributed by atoms with van der Waals surface area (Å²) >= 11 is 2.00. The minimum atomic E-state index is -1.20. The molecule has 0 aromatic carbocycles. The summed E-state index contributed by atoms with van der Waals surface area (Å²) in [6.07, 6.45) is 23.4. The van der Waals surface area contributed by atoms with Crippen molar-refractivity contribution in [1.29, 1.82) is 0 Å². The van der Waals surface area contributed by atoms with Gasteiger partial charge in [0.25, 0.3) is 0 Å². The highest BCUT2D eigenvalue weighted by molar-refractivity contribution is 7.14. The topological polar surface area (TPSA) is 0 Å². The second-order valence-corrected chi connectivity index (χ2v) is 16.0. The zero-order chi connectivity index (χ0) is 20.7. The van der Waals surface area contributed by atoms with E-state index < -0.39 is 8.07 Å². The van der Waals surface area contributed by atoms with Crippen LogP contribution in [0.15, 0.2) is 6.07 Å². The summed E-state index contributed by atoms with van der Waals surface area (Å²) < 4.78 is 0. The van der Waals surface area contributed by atoms with Crippen LogP contribution in [0.1, 0.15) is 119 Å². The van der Waals surface area contributed by atoms with E-state index >= 15 is 0 Å². The summed E-state index contributed by atoms with van der Waals surface area (Å²) in [4.78, 5) is 3.09. The molecule has 0 N–H and O–H groups in total. The van der Waals surface area contributed by atoms with Crippen molar-refractivity contribution in [3.05, 3.63) is 15.8 Å². The molecule has 0 unspecified atom stereocenters. The molecule has 0 aliphatic heterocycles. The van der Waals surface area contributed by atoms with Crippen LogP contribution < -0.4 is 5.19 Å². The van der Waals surface area contributed by atoms with Gasteiger partial charge >= 0.3 is 0 Å². The first-order chi connectivity index (χ1) is 13.5. The Labute approximate surface area is 182 Å². The molecule has 0 amide bonds. The molecule has 0 atom stereocenters. The first kappa shape index (κ1) is 26.0. The minimum Gasteiger partial charge on any atom is -0.146 e. The highest BCUT2D eigenvalue weighted by Gasteiger charge is 2.25. The predicted molar refractivity (Wildman–Crippen MR) is 135 cm³/mol. The van der Waals surface area contributed by atoms with Gasteiger partial charge in [-0.05, 0) is 25.1 Å². The van der Waals surface area contributed by atoms with E-state index in [1.54, 1.807) is 10.1 Å². The predicted octanol–water partition coefficient (Wildman–Crippen LogP) is 9.54. The van der Waals surface area contributed by atoms with Crippen molar-refractivity contribution in [2.75, 3.05) is 0 Å². The van der Waals surface area contributed by atoms with E-state index in [-0.39, 0.29) is 0 Å². The SMILES string of the molecule is CCCCCCCCCCCCCCCCCC[Si](C)(C)c1cc(C)sc1C. The van der Waals surface area contributed by atoms with Crippen LogP contribution in [0.25, 0.3) is 0 Å². The third-order valence-electron chi connectivity index (χ3n) is 6.43. The minimum absolute atomic E-state index is 1.20. The van der Waals surface area contributed by atoms with Gasteiger partial charge in [-0.15, -0.1) is 11.3 Å². The first-order valence-corrected chi connectivity index (χ1v) is 16.6. The number of unbranched alkanes of at least 4 members (excludes halogenated alkanes) is 15. The Morgan fingerprint density at radius 2 is 1.04 bits per heavy atom. The van der Waals surface area contributed by atoms with E-state index in [1.165, 1.54) is 114 Å². The molecule has 1 aromatic heterocycles. The second-order valence-electron chi connectivity index (χ2n) is 9.76. The van der Waals surface area contributed by atoms with Gasteiger partial charge in [0.15, 0.2) is 0 Å². The van der Waals surface area contributed by atoms with Gasteiger partial charge in [0.2, 0.25) is 0 Å². The fourth-order valence-corrected chi connectivity index (χ4v) is 9.43. The van der Waals surface area contributed by atoms with E-state index in [9.17, 15) is 0 Å². The molecule has 0 nitrogen and oxygen atoms in total. The summed E-state index contributed by atoms with van der Waals surface area (Å²) in [6.45, 7) is 12.0. The zero-order valence-electron chi connectivity index (χ0n) is 20.0. The molecule has 0 radical (unpaired) electrons. The molecule has 28 heavy (non-hydrogen) atoms. The number of aryl methyl sites for hydroxylation is 2. The molecule has 0 bridgehead atoms. The highest BCUT2D eigenvalue weighted by Crippen LogP contribution is 2.22. The lowest BCUT2D eigenvalue weighted by Crippen LogP contribution is -2.41. The number of hydrogen-bond acceptors (Lipinski definition) is 1. The van der Waals surface area contributed by atoms with Crippen LogP contribution in [0.5, 0.6) is 0 Å². The van der Waals surface area contributed by atoms with Gasteiger partial charge < -0.3 is 0 Å². The van der Waals surface area contributed by atoms with E-state index in [4.69, 9.17) is 0 Å². The van der Waals surface area contributed by atoms with Gasteiger partial charge in [0, 0.05) is 9.75 Å². The van der Waals surface area contributed by atoms with Crippen LogP contribution >= 0.6 is 11.3 Å². The highest BCUT2D eigenvalue weighted by atomic mass is 32.1. The van der Waals surface area contributed by atoms with Crippen molar-refractivity contribution >= 4 is 24.6 Å². The summed E-state index contributed by atoms with van der Waals surface area (Å²) in [5.41, 5.74) is 0. The summed E-state index contributed by atoms with van der Waals surface area (Å²) in [5.74, 6) is 0. The quantitative estimate of drug-likeness (QED) is 0.163.